The topological polar surface area (TPSA) is 96.6 Å². The molecule has 1 saturated heterocycles. The number of hydrogen-bond donors (Lipinski definition) is 2. The number of anilines is 2. The molecule has 0 unspecified atom stereocenters. The Labute approximate surface area is 193 Å². The number of carbonyl (C=O) groups excluding carboxylic acids is 1. The average molecular weight is 457 g/mol. The van der Waals surface area contributed by atoms with Crippen LogP contribution in [0.5, 0.6) is 5.88 Å². The Morgan fingerprint density at radius 2 is 2.00 bits per heavy atom. The van der Waals surface area contributed by atoms with E-state index in [9.17, 15) is 4.79 Å². The molecule has 1 saturated carbocycles. The van der Waals surface area contributed by atoms with Gasteiger partial charge in [0.15, 0.2) is 0 Å². The summed E-state index contributed by atoms with van der Waals surface area (Å²) in [6.45, 7) is 3.78. The van der Waals surface area contributed by atoms with Crippen LogP contribution in [0, 0.1) is 0 Å². The van der Waals surface area contributed by atoms with E-state index in [1.807, 2.05) is 30.5 Å². The van der Waals surface area contributed by atoms with Gasteiger partial charge >= 0.3 is 0 Å². The molecule has 4 rings (SSSR count). The number of aromatic nitrogens is 2. The Kier molecular flexibility index (Phi) is 7.83. The third-order valence-electron chi connectivity index (χ3n) is 5.86. The molecule has 2 fully saturated rings. The Morgan fingerprint density at radius 3 is 2.75 bits per heavy atom. The third kappa shape index (κ3) is 6.11. The smallest absolute Gasteiger partial charge is 0.238 e. The van der Waals surface area contributed by atoms with Crippen LogP contribution in [-0.2, 0) is 4.79 Å². The molecule has 1 aliphatic heterocycles. The highest BCUT2D eigenvalue weighted by molar-refractivity contribution is 7.99. The van der Waals surface area contributed by atoms with E-state index in [4.69, 9.17) is 15.5 Å². The van der Waals surface area contributed by atoms with E-state index < -0.39 is 0 Å². The molecule has 1 amide bonds. The van der Waals surface area contributed by atoms with E-state index in [1.165, 1.54) is 19.3 Å². The zero-order valence-corrected chi connectivity index (χ0v) is 19.4. The zero-order valence-electron chi connectivity index (χ0n) is 18.6. The molecule has 172 valence electrons. The molecule has 32 heavy (non-hydrogen) atoms. The summed E-state index contributed by atoms with van der Waals surface area (Å²) in [5, 5.41) is 2.80. The first-order valence-corrected chi connectivity index (χ1v) is 12.2. The van der Waals surface area contributed by atoms with Crippen molar-refractivity contribution in [1.29, 1.82) is 0 Å². The van der Waals surface area contributed by atoms with E-state index in [-0.39, 0.29) is 18.6 Å². The van der Waals surface area contributed by atoms with Crippen LogP contribution in [0.2, 0.25) is 0 Å². The first kappa shape index (κ1) is 22.8. The van der Waals surface area contributed by atoms with E-state index in [0.717, 1.165) is 60.4 Å². The molecule has 2 aromatic rings. The number of ether oxygens (including phenoxy) is 1. The van der Waals surface area contributed by atoms with Gasteiger partial charge in [0.2, 0.25) is 17.7 Å². The maximum Gasteiger partial charge on any atom is 0.238 e. The number of carbonyl (C=O) groups is 1. The van der Waals surface area contributed by atoms with Gasteiger partial charge in [0, 0.05) is 36.8 Å². The normalized spacial score (nSPS) is 17.9. The fourth-order valence-electron chi connectivity index (χ4n) is 3.98. The van der Waals surface area contributed by atoms with E-state index >= 15 is 0 Å². The summed E-state index contributed by atoms with van der Waals surface area (Å²) in [6, 6.07) is 7.69. The molecule has 1 aliphatic carbocycles. The number of benzene rings is 1. The fourth-order valence-corrected chi connectivity index (χ4v) is 4.85. The minimum absolute atomic E-state index is 0.0433. The molecule has 0 spiro atoms. The Hall–Kier alpha value is -2.36. The lowest BCUT2D eigenvalue weighted by Crippen LogP contribution is -2.45. The van der Waals surface area contributed by atoms with Gasteiger partial charge in [-0.3, -0.25) is 4.79 Å². The van der Waals surface area contributed by atoms with Crippen molar-refractivity contribution >= 4 is 29.3 Å². The molecule has 2 aliphatic rings. The number of nitrogens with two attached hydrogens (primary N) is 1. The number of nitrogens with one attached hydrogen (secondary N) is 1. The molecule has 1 aromatic carbocycles. The van der Waals surface area contributed by atoms with Crippen LogP contribution >= 0.6 is 11.8 Å². The van der Waals surface area contributed by atoms with Gasteiger partial charge in [-0.1, -0.05) is 24.2 Å². The van der Waals surface area contributed by atoms with Gasteiger partial charge in [-0.05, 0) is 50.9 Å². The van der Waals surface area contributed by atoms with Crippen molar-refractivity contribution in [1.82, 2.24) is 14.9 Å². The number of piperazine rings is 1. The average Bonchev–Trinajstić information content (AvgIpc) is 2.81. The second-order valence-electron chi connectivity index (χ2n) is 8.39. The summed E-state index contributed by atoms with van der Waals surface area (Å²) in [5.41, 5.74) is 6.13. The second-order valence-corrected chi connectivity index (χ2v) is 9.51. The van der Waals surface area contributed by atoms with Crippen LogP contribution in [-0.4, -0.2) is 66.7 Å². The van der Waals surface area contributed by atoms with Crippen molar-refractivity contribution < 1.29 is 9.53 Å². The number of hydrogen-bond acceptors (Lipinski definition) is 8. The molecule has 0 atom stereocenters. The maximum atomic E-state index is 11.6. The monoisotopic (exact) mass is 456 g/mol. The minimum atomic E-state index is -0.215. The predicted octanol–water partition coefficient (Wildman–Crippen LogP) is 2.99. The molecule has 9 heteroatoms. The van der Waals surface area contributed by atoms with Crippen molar-refractivity contribution in [2.75, 3.05) is 50.0 Å². The summed E-state index contributed by atoms with van der Waals surface area (Å²) >= 11 is 1.55. The number of rotatable bonds is 7. The lowest BCUT2D eigenvalue weighted by Gasteiger charge is -2.32. The highest BCUT2D eigenvalue weighted by Crippen LogP contribution is 2.37. The van der Waals surface area contributed by atoms with Crippen LogP contribution in [0.4, 0.5) is 11.6 Å². The molecular formula is C23H32N6O2S. The van der Waals surface area contributed by atoms with Gasteiger partial charge in [-0.25, -0.2) is 4.98 Å². The van der Waals surface area contributed by atoms with Crippen LogP contribution in [0.25, 0.3) is 0 Å². The summed E-state index contributed by atoms with van der Waals surface area (Å²) in [7, 11) is 2.14. The molecular weight excluding hydrogens is 424 g/mol. The molecule has 8 nitrogen and oxygen atoms in total. The quantitative estimate of drug-likeness (QED) is 0.656. The van der Waals surface area contributed by atoms with Crippen LogP contribution in [0.1, 0.15) is 32.1 Å². The molecule has 1 aromatic heterocycles. The van der Waals surface area contributed by atoms with Crippen molar-refractivity contribution in [3.63, 3.8) is 0 Å². The number of nitrogens with zero attached hydrogens (tertiary/aromatic N) is 4. The van der Waals surface area contributed by atoms with Crippen LogP contribution < -0.4 is 20.7 Å². The van der Waals surface area contributed by atoms with Gasteiger partial charge in [0.05, 0.1) is 17.6 Å². The molecule has 2 heterocycles. The van der Waals surface area contributed by atoms with Gasteiger partial charge in [0.25, 0.3) is 0 Å². The Balaban J connectivity index is 1.55. The summed E-state index contributed by atoms with van der Waals surface area (Å²) in [5.74, 6) is 1.17. The highest BCUT2D eigenvalue weighted by Gasteiger charge is 2.22. The molecule has 0 bridgehead atoms. The first-order chi connectivity index (χ1) is 15.6. The van der Waals surface area contributed by atoms with Gasteiger partial charge in [-0.15, -0.1) is 0 Å². The van der Waals surface area contributed by atoms with Gasteiger partial charge < -0.3 is 25.6 Å². The SMILES string of the molecule is CN1CCN(c2ncc(Sc3cccc(NC(=O)CN)c3)c(OC3CCCCC3)n2)CC1. The summed E-state index contributed by atoms with van der Waals surface area (Å²) in [6.07, 6.45) is 7.89. The summed E-state index contributed by atoms with van der Waals surface area (Å²) < 4.78 is 6.43. The van der Waals surface area contributed by atoms with E-state index in [2.05, 4.69) is 27.1 Å². The second kappa shape index (κ2) is 11.0. The Morgan fingerprint density at radius 1 is 1.22 bits per heavy atom. The minimum Gasteiger partial charge on any atom is -0.473 e. The van der Waals surface area contributed by atoms with Gasteiger partial charge in [0.1, 0.15) is 6.10 Å². The Bertz CT molecular complexity index is 913. The third-order valence-corrected chi connectivity index (χ3v) is 6.85. The predicted molar refractivity (Wildman–Crippen MR) is 127 cm³/mol. The van der Waals surface area contributed by atoms with Crippen LogP contribution in [0.3, 0.4) is 0 Å². The number of likely N-dealkylation sites (N-methyl/N-ethyl adjacent to an activating group) is 1. The van der Waals surface area contributed by atoms with Crippen molar-refractivity contribution in [2.45, 2.75) is 48.0 Å². The number of amides is 1. The molecule has 0 radical (unpaired) electrons. The van der Waals surface area contributed by atoms with Gasteiger partial charge in [-0.2, -0.15) is 4.98 Å². The fraction of sp³-hybridized carbons (Fsp3) is 0.522. The van der Waals surface area contributed by atoms with Crippen LogP contribution in [0.15, 0.2) is 40.3 Å². The lowest BCUT2D eigenvalue weighted by molar-refractivity contribution is -0.114. The lowest BCUT2D eigenvalue weighted by atomic mass is 9.98. The van der Waals surface area contributed by atoms with Crippen molar-refractivity contribution in [2.24, 2.45) is 5.73 Å². The van der Waals surface area contributed by atoms with Crippen molar-refractivity contribution in [3.8, 4) is 5.88 Å². The first-order valence-electron chi connectivity index (χ1n) is 11.4. The van der Waals surface area contributed by atoms with E-state index in [1.54, 1.807) is 11.8 Å². The standard InChI is InChI=1S/C23H32N6O2S/c1-28-10-12-29(13-11-28)23-25-16-20(22(27-23)31-18-7-3-2-4-8-18)32-19-9-5-6-17(14-19)26-21(30)15-24/h5-6,9,14,16,18H,2-4,7-8,10-13,15,24H2,1H3,(H,26,30). The zero-order chi connectivity index (χ0) is 22.3. The van der Waals surface area contributed by atoms with Crippen molar-refractivity contribution in [3.05, 3.63) is 30.5 Å². The summed E-state index contributed by atoms with van der Waals surface area (Å²) in [4.78, 5) is 27.6. The maximum absolute atomic E-state index is 11.6. The molecule has 3 N–H and O–H groups in total. The highest BCUT2D eigenvalue weighted by atomic mass is 32.2. The van der Waals surface area contributed by atoms with E-state index in [0.29, 0.717) is 5.88 Å². The largest absolute Gasteiger partial charge is 0.473 e.